The zero-order valence-electron chi connectivity index (χ0n) is 18.0. The second-order valence-electron chi connectivity index (χ2n) is 8.14. The fraction of sp³-hybridized carbons (Fsp3) is 0.360. The minimum Gasteiger partial charge on any atom is -0.497 e. The Morgan fingerprint density at radius 1 is 1.16 bits per heavy atom. The summed E-state index contributed by atoms with van der Waals surface area (Å²) in [6.45, 7) is 4.68. The minimum absolute atomic E-state index is 0.0281. The number of hydrogen-bond acceptors (Lipinski definition) is 5. The Kier molecular flexibility index (Phi) is 6.37. The number of carbonyl (C=O) groups excluding carboxylic acids is 1. The van der Waals surface area contributed by atoms with E-state index in [0.29, 0.717) is 16.9 Å². The molecule has 1 aromatic heterocycles. The summed E-state index contributed by atoms with van der Waals surface area (Å²) in [5, 5.41) is 3.92. The molecule has 1 aliphatic rings. The topological polar surface area (TPSA) is 71.8 Å². The Labute approximate surface area is 181 Å². The van der Waals surface area contributed by atoms with Crippen LogP contribution in [0, 0.1) is 6.92 Å². The maximum absolute atomic E-state index is 12.7. The first-order chi connectivity index (χ1) is 15.0. The van der Waals surface area contributed by atoms with Crippen molar-refractivity contribution in [3.8, 4) is 5.75 Å². The number of piperidine rings is 1. The molecule has 6 nitrogen and oxygen atoms in total. The zero-order chi connectivity index (χ0) is 21.8. The Balaban J connectivity index is 1.36. The van der Waals surface area contributed by atoms with E-state index in [1.54, 1.807) is 13.2 Å². The van der Waals surface area contributed by atoms with Crippen molar-refractivity contribution >= 4 is 16.9 Å². The van der Waals surface area contributed by atoms with Crippen LogP contribution in [0.3, 0.4) is 0 Å². The highest BCUT2D eigenvalue weighted by atomic mass is 16.5. The third-order valence-electron chi connectivity index (χ3n) is 6.03. The first-order valence-corrected chi connectivity index (χ1v) is 10.7. The van der Waals surface area contributed by atoms with E-state index in [0.717, 1.165) is 43.4 Å². The molecule has 1 aliphatic heterocycles. The molecule has 0 aliphatic carbocycles. The quantitative estimate of drug-likeness (QED) is 0.619. The van der Waals surface area contributed by atoms with Crippen molar-refractivity contribution in [1.82, 2.24) is 10.2 Å². The SMILES string of the molecule is COc1ccc2c(C)c(CC(=O)NC3CCN(Cc4ccccc4)CC3)c(=O)oc2c1. The molecule has 0 atom stereocenters. The van der Waals surface area contributed by atoms with Crippen molar-refractivity contribution in [2.24, 2.45) is 0 Å². The van der Waals surface area contributed by atoms with Gasteiger partial charge in [0.05, 0.1) is 19.1 Å². The molecule has 0 unspecified atom stereocenters. The second-order valence-corrected chi connectivity index (χ2v) is 8.14. The van der Waals surface area contributed by atoms with E-state index >= 15 is 0 Å². The van der Waals surface area contributed by atoms with E-state index in [1.165, 1.54) is 5.56 Å². The molecule has 0 bridgehead atoms. The molecule has 1 fully saturated rings. The molecule has 162 valence electrons. The van der Waals surface area contributed by atoms with E-state index in [2.05, 4.69) is 34.5 Å². The fourth-order valence-electron chi connectivity index (χ4n) is 4.22. The van der Waals surface area contributed by atoms with Gasteiger partial charge in [0.15, 0.2) is 0 Å². The monoisotopic (exact) mass is 420 g/mol. The molecule has 0 spiro atoms. The van der Waals surface area contributed by atoms with Crippen LogP contribution in [0.5, 0.6) is 5.75 Å². The van der Waals surface area contributed by atoms with Gasteiger partial charge in [-0.05, 0) is 43.0 Å². The molecular formula is C25H28N2O4. The van der Waals surface area contributed by atoms with Gasteiger partial charge in [0.25, 0.3) is 0 Å². The summed E-state index contributed by atoms with van der Waals surface area (Å²) in [6, 6.07) is 15.9. The lowest BCUT2D eigenvalue weighted by Crippen LogP contribution is -2.45. The molecule has 1 saturated heterocycles. The van der Waals surface area contributed by atoms with Gasteiger partial charge in [-0.3, -0.25) is 9.69 Å². The van der Waals surface area contributed by atoms with Gasteiger partial charge in [0.2, 0.25) is 5.91 Å². The zero-order valence-corrected chi connectivity index (χ0v) is 18.0. The number of methoxy groups -OCH3 is 1. The van der Waals surface area contributed by atoms with Crippen molar-refractivity contribution in [3.63, 3.8) is 0 Å². The van der Waals surface area contributed by atoms with Crippen LogP contribution in [0.2, 0.25) is 0 Å². The average Bonchev–Trinajstić information content (AvgIpc) is 2.78. The summed E-state index contributed by atoms with van der Waals surface area (Å²) < 4.78 is 10.6. The normalized spacial score (nSPS) is 15.2. The molecular weight excluding hydrogens is 392 g/mol. The summed E-state index contributed by atoms with van der Waals surface area (Å²) in [5.41, 5.74) is 2.50. The largest absolute Gasteiger partial charge is 0.497 e. The van der Waals surface area contributed by atoms with Gasteiger partial charge in [-0.2, -0.15) is 0 Å². The highest BCUT2D eigenvalue weighted by Gasteiger charge is 2.22. The summed E-state index contributed by atoms with van der Waals surface area (Å²) >= 11 is 0. The van der Waals surface area contributed by atoms with Crippen LogP contribution >= 0.6 is 0 Å². The number of likely N-dealkylation sites (tertiary alicyclic amines) is 1. The maximum Gasteiger partial charge on any atom is 0.340 e. The Hall–Kier alpha value is -3.12. The number of benzene rings is 2. The van der Waals surface area contributed by atoms with Crippen LogP contribution in [-0.2, 0) is 17.8 Å². The molecule has 3 aromatic rings. The van der Waals surface area contributed by atoms with Gasteiger partial charge in [-0.25, -0.2) is 4.79 Å². The third kappa shape index (κ3) is 4.97. The van der Waals surface area contributed by atoms with Gasteiger partial charge in [-0.15, -0.1) is 0 Å². The number of nitrogens with zero attached hydrogens (tertiary/aromatic N) is 1. The number of ether oxygens (including phenoxy) is 1. The number of fused-ring (bicyclic) bond motifs is 1. The fourth-order valence-corrected chi connectivity index (χ4v) is 4.22. The lowest BCUT2D eigenvalue weighted by molar-refractivity contribution is -0.121. The van der Waals surface area contributed by atoms with E-state index in [-0.39, 0.29) is 18.4 Å². The molecule has 0 radical (unpaired) electrons. The predicted octanol–water partition coefficient (Wildman–Crippen LogP) is 3.43. The number of hydrogen-bond donors (Lipinski definition) is 1. The van der Waals surface area contributed by atoms with E-state index in [9.17, 15) is 9.59 Å². The van der Waals surface area contributed by atoms with Crippen LogP contribution in [-0.4, -0.2) is 37.0 Å². The molecule has 1 N–H and O–H groups in total. The number of rotatable bonds is 6. The summed E-state index contributed by atoms with van der Waals surface area (Å²) in [7, 11) is 1.57. The van der Waals surface area contributed by atoms with Gasteiger partial charge >= 0.3 is 5.63 Å². The standard InChI is InChI=1S/C25H28N2O4/c1-17-21-9-8-20(30-2)14-23(21)31-25(29)22(17)15-24(28)26-19-10-12-27(13-11-19)16-18-6-4-3-5-7-18/h3-9,14,19H,10-13,15-16H2,1-2H3,(H,26,28). The van der Waals surface area contributed by atoms with Crippen LogP contribution < -0.4 is 15.7 Å². The maximum atomic E-state index is 12.7. The molecule has 0 saturated carbocycles. The number of nitrogens with one attached hydrogen (secondary N) is 1. The third-order valence-corrected chi connectivity index (χ3v) is 6.03. The van der Waals surface area contributed by atoms with E-state index in [1.807, 2.05) is 25.1 Å². The van der Waals surface area contributed by atoms with Crippen molar-refractivity contribution in [1.29, 1.82) is 0 Å². The minimum atomic E-state index is -0.467. The molecule has 1 amide bonds. The van der Waals surface area contributed by atoms with Gasteiger partial charge in [0.1, 0.15) is 11.3 Å². The molecule has 2 heterocycles. The van der Waals surface area contributed by atoms with Crippen molar-refractivity contribution in [2.45, 2.75) is 38.8 Å². The number of carbonyl (C=O) groups is 1. The van der Waals surface area contributed by atoms with Gasteiger partial charge < -0.3 is 14.5 Å². The Morgan fingerprint density at radius 2 is 1.90 bits per heavy atom. The molecule has 2 aromatic carbocycles. The lowest BCUT2D eigenvalue weighted by atomic mass is 10.0. The van der Waals surface area contributed by atoms with Gasteiger partial charge in [-0.1, -0.05) is 30.3 Å². The lowest BCUT2D eigenvalue weighted by Gasteiger charge is -2.32. The van der Waals surface area contributed by atoms with Crippen molar-refractivity contribution < 1.29 is 13.9 Å². The van der Waals surface area contributed by atoms with Crippen molar-refractivity contribution in [3.05, 3.63) is 75.6 Å². The summed E-state index contributed by atoms with van der Waals surface area (Å²) in [5.74, 6) is 0.490. The molecule has 31 heavy (non-hydrogen) atoms. The summed E-state index contributed by atoms with van der Waals surface area (Å²) in [4.78, 5) is 27.6. The van der Waals surface area contributed by atoms with E-state index in [4.69, 9.17) is 9.15 Å². The van der Waals surface area contributed by atoms with E-state index < -0.39 is 5.63 Å². The smallest absolute Gasteiger partial charge is 0.340 e. The van der Waals surface area contributed by atoms with Crippen LogP contribution in [0.4, 0.5) is 0 Å². The Bertz CT molecular complexity index is 1120. The van der Waals surface area contributed by atoms with Crippen LogP contribution in [0.1, 0.15) is 29.5 Å². The molecule has 4 rings (SSSR count). The first-order valence-electron chi connectivity index (χ1n) is 10.7. The second kappa shape index (κ2) is 9.35. The molecule has 6 heteroatoms. The number of amides is 1. The summed E-state index contributed by atoms with van der Waals surface area (Å²) in [6.07, 6.45) is 1.84. The predicted molar refractivity (Wildman–Crippen MR) is 120 cm³/mol. The Morgan fingerprint density at radius 3 is 2.61 bits per heavy atom. The first kappa shape index (κ1) is 21.1. The van der Waals surface area contributed by atoms with Crippen LogP contribution in [0.15, 0.2) is 57.7 Å². The number of aryl methyl sites for hydroxylation is 1. The highest BCUT2D eigenvalue weighted by molar-refractivity contribution is 5.85. The highest BCUT2D eigenvalue weighted by Crippen LogP contribution is 2.24. The van der Waals surface area contributed by atoms with Crippen LogP contribution in [0.25, 0.3) is 11.0 Å². The van der Waals surface area contributed by atoms with Crippen molar-refractivity contribution in [2.75, 3.05) is 20.2 Å². The van der Waals surface area contributed by atoms with Gasteiger partial charge in [0, 0.05) is 37.1 Å². The average molecular weight is 421 g/mol.